The maximum atomic E-state index is 13.7. The Morgan fingerprint density at radius 1 is 1.18 bits per heavy atom. The molecule has 33 heavy (non-hydrogen) atoms. The number of nitrogens with zero attached hydrogens (tertiary/aromatic N) is 2. The van der Waals surface area contributed by atoms with Crippen molar-refractivity contribution < 1.29 is 14.0 Å². The topological polar surface area (TPSA) is 54.3 Å². The Labute approximate surface area is 199 Å². The van der Waals surface area contributed by atoms with Crippen molar-refractivity contribution >= 4 is 45.0 Å². The lowest BCUT2D eigenvalue weighted by Gasteiger charge is -2.44. The minimum absolute atomic E-state index is 0.206. The molecule has 0 spiro atoms. The van der Waals surface area contributed by atoms with Crippen LogP contribution in [-0.2, 0) is 24.4 Å². The molecule has 3 heterocycles. The molecule has 2 aromatic carbocycles. The fourth-order valence-electron chi connectivity index (χ4n) is 4.28. The highest BCUT2D eigenvalue weighted by atomic mass is 35.5. The van der Waals surface area contributed by atoms with Crippen LogP contribution in [0.2, 0.25) is 5.02 Å². The van der Waals surface area contributed by atoms with Crippen molar-refractivity contribution in [1.82, 2.24) is 14.8 Å². The first-order chi connectivity index (χ1) is 15.9. The third-order valence-electron chi connectivity index (χ3n) is 6.17. The first-order valence-electron chi connectivity index (χ1n) is 10.5. The SMILES string of the molecule is C[C@]1(C(=O)NCc2ccc(F)cc2)Cn2c(cc3ccsc32)C(=O)N1Cc1ccccc1Cl. The quantitative estimate of drug-likeness (QED) is 0.424. The average molecular weight is 482 g/mol. The van der Waals surface area contributed by atoms with Gasteiger partial charge >= 0.3 is 0 Å². The summed E-state index contributed by atoms with van der Waals surface area (Å²) in [5.74, 6) is -0.832. The van der Waals surface area contributed by atoms with E-state index in [2.05, 4.69) is 5.32 Å². The zero-order valence-corrected chi connectivity index (χ0v) is 19.4. The van der Waals surface area contributed by atoms with E-state index < -0.39 is 5.54 Å². The second-order valence-electron chi connectivity index (χ2n) is 8.36. The molecule has 1 aliphatic rings. The summed E-state index contributed by atoms with van der Waals surface area (Å²) in [5.41, 5.74) is 0.953. The van der Waals surface area contributed by atoms with Crippen LogP contribution in [0.15, 0.2) is 66.0 Å². The van der Waals surface area contributed by atoms with Crippen molar-refractivity contribution in [1.29, 1.82) is 0 Å². The van der Waals surface area contributed by atoms with E-state index >= 15 is 0 Å². The zero-order valence-electron chi connectivity index (χ0n) is 17.8. The molecule has 8 heteroatoms. The van der Waals surface area contributed by atoms with E-state index in [1.807, 2.05) is 40.3 Å². The van der Waals surface area contributed by atoms with E-state index in [-0.39, 0.29) is 30.7 Å². The van der Waals surface area contributed by atoms with Crippen molar-refractivity contribution in [2.75, 3.05) is 0 Å². The summed E-state index contributed by atoms with van der Waals surface area (Å²) in [6.45, 7) is 2.54. The molecule has 0 saturated heterocycles. The summed E-state index contributed by atoms with van der Waals surface area (Å²) >= 11 is 7.94. The zero-order chi connectivity index (χ0) is 23.2. The highest BCUT2D eigenvalue weighted by molar-refractivity contribution is 7.16. The van der Waals surface area contributed by atoms with Crippen molar-refractivity contribution in [3.8, 4) is 0 Å². The molecule has 0 fully saturated rings. The minimum Gasteiger partial charge on any atom is -0.350 e. The number of thiophene rings is 1. The highest BCUT2D eigenvalue weighted by Crippen LogP contribution is 2.36. The van der Waals surface area contributed by atoms with Gasteiger partial charge in [-0.1, -0.05) is 41.9 Å². The van der Waals surface area contributed by atoms with Gasteiger partial charge in [-0.25, -0.2) is 4.39 Å². The average Bonchev–Trinajstić information content (AvgIpc) is 3.40. The molecule has 2 amide bonds. The van der Waals surface area contributed by atoms with Crippen LogP contribution in [-0.4, -0.2) is 26.8 Å². The molecule has 1 aliphatic heterocycles. The first kappa shape index (κ1) is 21.7. The smallest absolute Gasteiger partial charge is 0.271 e. The third kappa shape index (κ3) is 3.81. The lowest BCUT2D eigenvalue weighted by Crippen LogP contribution is -2.63. The molecule has 0 bridgehead atoms. The molecule has 0 aliphatic carbocycles. The fourth-order valence-corrected chi connectivity index (χ4v) is 5.37. The van der Waals surface area contributed by atoms with Crippen molar-refractivity contribution in [2.24, 2.45) is 0 Å². The van der Waals surface area contributed by atoms with Gasteiger partial charge in [-0.15, -0.1) is 11.3 Å². The number of benzene rings is 2. The highest BCUT2D eigenvalue weighted by Gasteiger charge is 2.47. The molecule has 4 aromatic rings. The molecule has 2 aromatic heterocycles. The Hall–Kier alpha value is -3.16. The lowest BCUT2D eigenvalue weighted by atomic mass is 9.93. The van der Waals surface area contributed by atoms with Crippen molar-refractivity contribution in [2.45, 2.75) is 32.1 Å². The van der Waals surface area contributed by atoms with E-state index in [1.54, 1.807) is 41.4 Å². The molecule has 5 rings (SSSR count). The number of nitrogens with one attached hydrogen (secondary N) is 1. The Kier molecular flexibility index (Phi) is 5.46. The number of hydrogen-bond donors (Lipinski definition) is 1. The van der Waals surface area contributed by atoms with Crippen LogP contribution >= 0.6 is 22.9 Å². The monoisotopic (exact) mass is 481 g/mol. The second kappa shape index (κ2) is 8.32. The Morgan fingerprint density at radius 3 is 2.70 bits per heavy atom. The van der Waals surface area contributed by atoms with E-state index in [0.29, 0.717) is 17.3 Å². The Balaban J connectivity index is 1.51. The van der Waals surface area contributed by atoms with E-state index in [9.17, 15) is 14.0 Å². The van der Waals surface area contributed by atoms with Crippen LogP contribution in [0.5, 0.6) is 0 Å². The van der Waals surface area contributed by atoms with Crippen LogP contribution in [0.3, 0.4) is 0 Å². The Bertz CT molecular complexity index is 1360. The fraction of sp³-hybridized carbons (Fsp3) is 0.200. The van der Waals surface area contributed by atoms with Crippen LogP contribution < -0.4 is 5.32 Å². The van der Waals surface area contributed by atoms with Gasteiger partial charge in [0, 0.05) is 23.5 Å². The van der Waals surface area contributed by atoms with Gasteiger partial charge in [0.05, 0.1) is 6.54 Å². The van der Waals surface area contributed by atoms with Crippen molar-refractivity contribution in [3.63, 3.8) is 0 Å². The molecular weight excluding hydrogens is 461 g/mol. The van der Waals surface area contributed by atoms with Gasteiger partial charge in [-0.2, -0.15) is 0 Å². The maximum Gasteiger partial charge on any atom is 0.271 e. The molecular formula is C25H21ClFN3O2S. The first-order valence-corrected chi connectivity index (χ1v) is 11.8. The van der Waals surface area contributed by atoms with Gasteiger partial charge in [0.25, 0.3) is 5.91 Å². The number of carbonyl (C=O) groups excluding carboxylic acids is 2. The number of aromatic nitrogens is 1. The largest absolute Gasteiger partial charge is 0.350 e. The van der Waals surface area contributed by atoms with Crippen LogP contribution in [0.4, 0.5) is 4.39 Å². The predicted molar refractivity (Wildman–Crippen MR) is 128 cm³/mol. The molecule has 5 nitrogen and oxygen atoms in total. The number of fused-ring (bicyclic) bond motifs is 3. The van der Waals surface area contributed by atoms with Crippen LogP contribution in [0.1, 0.15) is 28.5 Å². The minimum atomic E-state index is -1.15. The maximum absolute atomic E-state index is 13.7. The molecule has 0 saturated carbocycles. The van der Waals surface area contributed by atoms with Gasteiger partial charge < -0.3 is 14.8 Å². The van der Waals surface area contributed by atoms with Gasteiger partial charge in [-0.05, 0) is 53.8 Å². The molecule has 1 atom stereocenters. The second-order valence-corrected chi connectivity index (χ2v) is 9.66. The standard InChI is InChI=1S/C25H21ClFN3O2S/c1-25(24(32)28-13-16-6-8-19(27)9-7-16)15-29-21(12-17-10-11-33-23(17)29)22(31)30(25)14-18-4-2-3-5-20(18)26/h2-12H,13-15H2,1H3,(H,28,32)/t25-/m1/s1. The van der Waals surface area contributed by atoms with E-state index in [1.165, 1.54) is 12.1 Å². The van der Waals surface area contributed by atoms with Crippen LogP contribution in [0, 0.1) is 5.82 Å². The summed E-state index contributed by atoms with van der Waals surface area (Å²) in [6, 6.07) is 17.2. The normalized spacial score (nSPS) is 17.9. The number of rotatable bonds is 5. The number of halogens is 2. The van der Waals surface area contributed by atoms with Gasteiger partial charge in [0.15, 0.2) is 0 Å². The summed E-state index contributed by atoms with van der Waals surface area (Å²) in [5, 5.41) is 6.45. The molecule has 0 radical (unpaired) electrons. The lowest BCUT2D eigenvalue weighted by molar-refractivity contribution is -0.133. The van der Waals surface area contributed by atoms with E-state index in [0.717, 1.165) is 21.3 Å². The summed E-state index contributed by atoms with van der Waals surface area (Å²) in [6.07, 6.45) is 0. The Morgan fingerprint density at radius 2 is 1.94 bits per heavy atom. The summed E-state index contributed by atoms with van der Waals surface area (Å²) in [7, 11) is 0. The van der Waals surface area contributed by atoms with Crippen molar-refractivity contribution in [3.05, 3.63) is 93.7 Å². The molecule has 1 N–H and O–H groups in total. The van der Waals surface area contributed by atoms with Gasteiger partial charge in [0.2, 0.25) is 5.91 Å². The number of hydrogen-bond acceptors (Lipinski definition) is 3. The van der Waals surface area contributed by atoms with E-state index in [4.69, 9.17) is 11.6 Å². The van der Waals surface area contributed by atoms with Crippen LogP contribution in [0.25, 0.3) is 10.2 Å². The van der Waals surface area contributed by atoms with Gasteiger partial charge in [-0.3, -0.25) is 9.59 Å². The molecule has 0 unspecified atom stereocenters. The summed E-state index contributed by atoms with van der Waals surface area (Å²) in [4.78, 5) is 29.8. The predicted octanol–water partition coefficient (Wildman–Crippen LogP) is 5.23. The molecule has 168 valence electrons. The summed E-state index contributed by atoms with van der Waals surface area (Å²) < 4.78 is 15.2. The number of amides is 2. The number of carbonyl (C=O) groups is 2. The van der Waals surface area contributed by atoms with Gasteiger partial charge in [0.1, 0.15) is 21.9 Å². The third-order valence-corrected chi connectivity index (χ3v) is 7.49.